The Bertz CT molecular complexity index is 548. The largest absolute Gasteiger partial charge is 0.378 e. The fourth-order valence-corrected chi connectivity index (χ4v) is 3.52. The lowest BCUT2D eigenvalue weighted by Gasteiger charge is -2.25. The van der Waals surface area contributed by atoms with Gasteiger partial charge in [0.05, 0.1) is 5.38 Å². The zero-order valence-electron chi connectivity index (χ0n) is 10.5. The van der Waals surface area contributed by atoms with E-state index in [9.17, 15) is 0 Å². The van der Waals surface area contributed by atoms with E-state index >= 15 is 0 Å². The molecule has 2 rings (SSSR count). The molecule has 5 heteroatoms. The van der Waals surface area contributed by atoms with Crippen LogP contribution in [-0.2, 0) is 0 Å². The van der Waals surface area contributed by atoms with Crippen LogP contribution < -0.4 is 4.90 Å². The van der Waals surface area contributed by atoms with E-state index in [0.29, 0.717) is 15.1 Å². The molecule has 0 saturated carbocycles. The number of halogens is 4. The van der Waals surface area contributed by atoms with Crippen molar-refractivity contribution in [1.29, 1.82) is 0 Å². The van der Waals surface area contributed by atoms with E-state index in [1.807, 2.05) is 37.2 Å². The highest BCUT2D eigenvalue weighted by molar-refractivity contribution is 6.37. The number of hydrogen-bond acceptors (Lipinski definition) is 1. The van der Waals surface area contributed by atoms with Crippen molar-refractivity contribution in [2.45, 2.75) is 11.3 Å². The molecule has 1 nitrogen and oxygen atoms in total. The maximum atomic E-state index is 6.35. The van der Waals surface area contributed by atoms with Gasteiger partial charge in [0.25, 0.3) is 0 Å². The van der Waals surface area contributed by atoms with Gasteiger partial charge in [0.2, 0.25) is 0 Å². The van der Waals surface area contributed by atoms with Crippen LogP contribution in [0.4, 0.5) is 5.69 Å². The maximum Gasteiger partial charge on any atom is 0.0651 e. The monoisotopic (exact) mass is 335 g/mol. The Morgan fingerprint density at radius 3 is 2.32 bits per heavy atom. The number of hydrogen-bond donors (Lipinski definition) is 0. The Balaban J connectivity index is 2.45. The van der Waals surface area contributed by atoms with Crippen LogP contribution in [0.5, 0.6) is 0 Å². The molecule has 0 N–H and O–H groups in total. The lowest BCUT2D eigenvalue weighted by molar-refractivity contribution is 0.842. The zero-order chi connectivity index (χ0) is 14.2. The van der Waals surface area contributed by atoms with Gasteiger partial charge in [-0.3, -0.25) is 0 Å². The van der Waals surface area contributed by atoms with Crippen LogP contribution in [0.2, 0.25) is 5.02 Å². The van der Waals surface area contributed by atoms with Gasteiger partial charge in [-0.2, -0.15) is 0 Å². The Labute approximate surface area is 133 Å². The summed E-state index contributed by atoms with van der Waals surface area (Å²) in [7, 11) is 3.92. The molecular weight excluding hydrogens is 324 g/mol. The van der Waals surface area contributed by atoms with Crippen LogP contribution in [0.15, 0.2) is 40.4 Å². The van der Waals surface area contributed by atoms with E-state index in [1.165, 1.54) is 0 Å². The summed E-state index contributed by atoms with van der Waals surface area (Å²) >= 11 is 24.8. The number of anilines is 1. The highest BCUT2D eigenvalue weighted by Crippen LogP contribution is 2.41. The second-order valence-corrected chi connectivity index (χ2v) is 6.45. The molecule has 0 radical (unpaired) electrons. The van der Waals surface area contributed by atoms with Crippen molar-refractivity contribution in [2.75, 3.05) is 19.0 Å². The van der Waals surface area contributed by atoms with E-state index in [-0.39, 0.29) is 11.3 Å². The minimum Gasteiger partial charge on any atom is -0.378 e. The fraction of sp³-hybridized carbons (Fsp3) is 0.286. The Kier molecular flexibility index (Phi) is 4.73. The molecule has 0 spiro atoms. The van der Waals surface area contributed by atoms with Gasteiger partial charge in [-0.15, -0.1) is 11.6 Å². The van der Waals surface area contributed by atoms with Gasteiger partial charge < -0.3 is 4.90 Å². The number of nitrogens with zero attached hydrogens (tertiary/aromatic N) is 1. The third-order valence-corrected chi connectivity index (χ3v) is 4.17. The molecule has 0 saturated heterocycles. The summed E-state index contributed by atoms with van der Waals surface area (Å²) in [6, 6.07) is 5.82. The topological polar surface area (TPSA) is 3.24 Å². The number of alkyl halides is 1. The van der Waals surface area contributed by atoms with E-state index < -0.39 is 0 Å². The standard InChI is InChI=1S/C14H13Cl4N/c1-19(2)11-4-8(3-9(15)5-11)14-12(17)6-10(16)7-13(14)18/h3-7,12,14H,1-2H3. The molecule has 0 bridgehead atoms. The van der Waals surface area contributed by atoms with Crippen LogP contribution in [0.3, 0.4) is 0 Å². The van der Waals surface area contributed by atoms with Gasteiger partial charge in [0.1, 0.15) is 0 Å². The second-order valence-electron chi connectivity index (χ2n) is 4.64. The van der Waals surface area contributed by atoms with E-state index in [4.69, 9.17) is 46.4 Å². The molecule has 0 heterocycles. The van der Waals surface area contributed by atoms with Crippen LogP contribution in [0.1, 0.15) is 11.5 Å². The van der Waals surface area contributed by atoms with Crippen molar-refractivity contribution in [3.05, 3.63) is 51.0 Å². The SMILES string of the molecule is CN(C)c1cc(Cl)cc(C2C(Cl)=CC(Cl)=CC2Cl)c1. The number of allylic oxidation sites excluding steroid dienone is 4. The van der Waals surface area contributed by atoms with Gasteiger partial charge in [-0.25, -0.2) is 0 Å². The summed E-state index contributed by atoms with van der Waals surface area (Å²) < 4.78 is 0. The predicted octanol–water partition coefficient (Wildman–Crippen LogP) is 5.36. The van der Waals surface area contributed by atoms with Crippen LogP contribution in [-0.4, -0.2) is 19.5 Å². The van der Waals surface area contributed by atoms with Crippen molar-refractivity contribution in [3.63, 3.8) is 0 Å². The minimum atomic E-state index is -0.279. The normalized spacial score (nSPS) is 22.8. The molecule has 1 aliphatic rings. The van der Waals surface area contributed by atoms with Crippen molar-refractivity contribution < 1.29 is 0 Å². The third-order valence-electron chi connectivity index (χ3n) is 2.99. The van der Waals surface area contributed by atoms with Gasteiger partial charge in [-0.1, -0.05) is 34.8 Å². The zero-order valence-corrected chi connectivity index (χ0v) is 13.5. The first-order valence-electron chi connectivity index (χ1n) is 5.75. The molecule has 102 valence electrons. The summed E-state index contributed by atoms with van der Waals surface area (Å²) in [5.41, 5.74) is 1.99. The van der Waals surface area contributed by atoms with Crippen molar-refractivity contribution >= 4 is 52.1 Å². The molecule has 1 aromatic rings. The molecule has 2 atom stereocenters. The summed E-state index contributed by atoms with van der Waals surface area (Å²) in [5.74, 6) is -0.122. The quantitative estimate of drug-likeness (QED) is 0.657. The van der Waals surface area contributed by atoms with Gasteiger partial charge in [0, 0.05) is 40.8 Å². The second kappa shape index (κ2) is 5.97. The molecule has 19 heavy (non-hydrogen) atoms. The number of rotatable bonds is 2. The summed E-state index contributed by atoms with van der Waals surface area (Å²) in [6.45, 7) is 0. The smallest absolute Gasteiger partial charge is 0.0651 e. The van der Waals surface area contributed by atoms with Crippen LogP contribution in [0.25, 0.3) is 0 Å². The van der Waals surface area contributed by atoms with Gasteiger partial charge >= 0.3 is 0 Å². The highest BCUT2D eigenvalue weighted by Gasteiger charge is 2.27. The Morgan fingerprint density at radius 2 is 1.74 bits per heavy atom. The molecule has 0 aromatic heterocycles. The molecule has 1 aliphatic carbocycles. The van der Waals surface area contributed by atoms with E-state index in [0.717, 1.165) is 11.3 Å². The van der Waals surface area contributed by atoms with E-state index in [1.54, 1.807) is 12.2 Å². The average Bonchev–Trinajstić information content (AvgIpc) is 2.26. The lowest BCUT2D eigenvalue weighted by Crippen LogP contribution is -2.16. The highest BCUT2D eigenvalue weighted by atomic mass is 35.5. The first-order valence-corrected chi connectivity index (χ1v) is 7.32. The first kappa shape index (κ1) is 15.1. The molecule has 0 amide bonds. The fourth-order valence-electron chi connectivity index (χ4n) is 2.05. The summed E-state index contributed by atoms with van der Waals surface area (Å²) in [4.78, 5) is 1.99. The maximum absolute atomic E-state index is 6.35. The average molecular weight is 337 g/mol. The summed E-state index contributed by atoms with van der Waals surface area (Å²) in [5, 5.41) is 1.57. The van der Waals surface area contributed by atoms with Crippen molar-refractivity contribution in [3.8, 4) is 0 Å². The van der Waals surface area contributed by atoms with Gasteiger partial charge in [0.15, 0.2) is 0 Å². The van der Waals surface area contributed by atoms with Crippen LogP contribution >= 0.6 is 46.4 Å². The molecule has 0 aliphatic heterocycles. The molecule has 2 unspecified atom stereocenters. The minimum absolute atomic E-state index is 0.122. The van der Waals surface area contributed by atoms with Crippen LogP contribution in [0, 0.1) is 0 Å². The Hall–Kier alpha value is -0.340. The van der Waals surface area contributed by atoms with Gasteiger partial charge in [-0.05, 0) is 35.9 Å². The Morgan fingerprint density at radius 1 is 1.05 bits per heavy atom. The number of benzene rings is 1. The first-order chi connectivity index (χ1) is 8.88. The summed E-state index contributed by atoms with van der Waals surface area (Å²) in [6.07, 6.45) is 3.51. The predicted molar refractivity (Wildman–Crippen MR) is 86.0 cm³/mol. The van der Waals surface area contributed by atoms with E-state index in [2.05, 4.69) is 0 Å². The van der Waals surface area contributed by atoms with Crippen molar-refractivity contribution in [1.82, 2.24) is 0 Å². The molecule has 0 fully saturated rings. The molecular formula is C14H13Cl4N. The molecule has 1 aromatic carbocycles. The lowest BCUT2D eigenvalue weighted by atomic mass is 9.91. The third kappa shape index (κ3) is 3.41. The van der Waals surface area contributed by atoms with Crippen molar-refractivity contribution in [2.24, 2.45) is 0 Å².